The van der Waals surface area contributed by atoms with Crippen LogP contribution in [-0.4, -0.2) is 50.1 Å². The summed E-state index contributed by atoms with van der Waals surface area (Å²) in [5.41, 5.74) is 2.21. The van der Waals surface area contributed by atoms with Gasteiger partial charge >= 0.3 is 12.0 Å². The number of nitrogens with one attached hydrogen (secondary N) is 1. The normalized spacial score (nSPS) is 17.1. The van der Waals surface area contributed by atoms with Crippen molar-refractivity contribution in [3.63, 3.8) is 0 Å². The van der Waals surface area contributed by atoms with E-state index in [2.05, 4.69) is 15.6 Å². The van der Waals surface area contributed by atoms with E-state index in [0.717, 1.165) is 30.5 Å². The molecule has 0 bridgehead atoms. The number of amides is 2. The Morgan fingerprint density at radius 3 is 2.88 bits per heavy atom. The summed E-state index contributed by atoms with van der Waals surface area (Å²) in [6.45, 7) is 4.46. The number of likely N-dealkylation sites (tertiary alicyclic amines) is 1. The average molecular weight is 357 g/mol. The molecule has 2 heterocycles. The molecule has 1 aliphatic rings. The monoisotopic (exact) mass is 357 g/mol. The number of rotatable bonds is 5. The van der Waals surface area contributed by atoms with Gasteiger partial charge in [0.15, 0.2) is 5.69 Å². The standard InChI is InChI=1S/C18H23N5O3/c1-13-5-2-3-7-15(13)9-19-18(26)22-8-4-6-14(10-22)11-23-12-16(17(24)25)20-21-23/h2-3,5,7,12,14H,4,6,8-11H2,1H3,(H,19,26)(H,24,25)/t14-/m1/s1. The van der Waals surface area contributed by atoms with Crippen molar-refractivity contribution in [1.82, 2.24) is 25.2 Å². The number of carbonyl (C=O) groups excluding carboxylic acids is 1. The summed E-state index contributed by atoms with van der Waals surface area (Å²) in [4.78, 5) is 25.2. The zero-order valence-electron chi connectivity index (χ0n) is 14.8. The second kappa shape index (κ2) is 7.99. The minimum Gasteiger partial charge on any atom is -0.476 e. The Bertz CT molecular complexity index is 789. The van der Waals surface area contributed by atoms with Crippen molar-refractivity contribution in [1.29, 1.82) is 0 Å². The van der Waals surface area contributed by atoms with Gasteiger partial charge in [-0.15, -0.1) is 5.10 Å². The third-order valence-corrected chi connectivity index (χ3v) is 4.70. The highest BCUT2D eigenvalue weighted by molar-refractivity contribution is 5.84. The highest BCUT2D eigenvalue weighted by Crippen LogP contribution is 2.18. The lowest BCUT2D eigenvalue weighted by Crippen LogP contribution is -2.46. The number of hydrogen-bond acceptors (Lipinski definition) is 4. The minimum absolute atomic E-state index is 0.0614. The molecule has 0 unspecified atom stereocenters. The van der Waals surface area contributed by atoms with E-state index in [1.807, 2.05) is 36.1 Å². The number of benzene rings is 1. The van der Waals surface area contributed by atoms with E-state index in [1.165, 1.54) is 6.20 Å². The van der Waals surface area contributed by atoms with Crippen LogP contribution >= 0.6 is 0 Å². The number of nitrogens with zero attached hydrogens (tertiary/aromatic N) is 4. The molecule has 1 aromatic heterocycles. The van der Waals surface area contributed by atoms with Crippen molar-refractivity contribution in [2.24, 2.45) is 5.92 Å². The topological polar surface area (TPSA) is 100 Å². The molecule has 26 heavy (non-hydrogen) atoms. The van der Waals surface area contributed by atoms with Crippen molar-refractivity contribution >= 4 is 12.0 Å². The Labute approximate surface area is 151 Å². The van der Waals surface area contributed by atoms with E-state index in [4.69, 9.17) is 5.11 Å². The first kappa shape index (κ1) is 17.9. The van der Waals surface area contributed by atoms with Crippen molar-refractivity contribution in [3.8, 4) is 0 Å². The number of carbonyl (C=O) groups is 2. The maximum absolute atomic E-state index is 12.5. The van der Waals surface area contributed by atoms with Crippen LogP contribution in [0.3, 0.4) is 0 Å². The molecule has 8 nitrogen and oxygen atoms in total. The summed E-state index contributed by atoms with van der Waals surface area (Å²) < 4.78 is 1.54. The number of carboxylic acid groups (broad SMARTS) is 1. The van der Waals surface area contributed by atoms with Crippen LogP contribution in [0.5, 0.6) is 0 Å². The van der Waals surface area contributed by atoms with Gasteiger partial charge in [-0.25, -0.2) is 9.59 Å². The average Bonchev–Trinajstić information content (AvgIpc) is 3.10. The van der Waals surface area contributed by atoms with Gasteiger partial charge in [0.2, 0.25) is 0 Å². The van der Waals surface area contributed by atoms with Crippen LogP contribution in [0.25, 0.3) is 0 Å². The first-order valence-corrected chi connectivity index (χ1v) is 8.73. The number of urea groups is 1. The third kappa shape index (κ3) is 4.38. The van der Waals surface area contributed by atoms with Gasteiger partial charge in [-0.05, 0) is 36.8 Å². The van der Waals surface area contributed by atoms with E-state index < -0.39 is 5.97 Å². The third-order valence-electron chi connectivity index (χ3n) is 4.70. The fourth-order valence-corrected chi connectivity index (χ4v) is 3.24. The van der Waals surface area contributed by atoms with Crippen LogP contribution in [0.4, 0.5) is 4.79 Å². The molecule has 0 saturated carbocycles. The lowest BCUT2D eigenvalue weighted by molar-refractivity contribution is 0.0690. The SMILES string of the molecule is Cc1ccccc1CNC(=O)N1CCC[C@@H](Cn2cc(C(=O)O)nn2)C1. The first-order chi connectivity index (χ1) is 12.5. The number of hydrogen-bond donors (Lipinski definition) is 2. The molecule has 1 fully saturated rings. The van der Waals surface area contributed by atoms with E-state index in [0.29, 0.717) is 19.6 Å². The zero-order chi connectivity index (χ0) is 18.5. The number of aryl methyl sites for hydroxylation is 1. The summed E-state index contributed by atoms with van der Waals surface area (Å²) in [5.74, 6) is -0.853. The number of aromatic carboxylic acids is 1. The van der Waals surface area contributed by atoms with E-state index >= 15 is 0 Å². The molecule has 1 saturated heterocycles. The lowest BCUT2D eigenvalue weighted by Gasteiger charge is -2.32. The van der Waals surface area contributed by atoms with Crippen LogP contribution in [0.2, 0.25) is 0 Å². The summed E-state index contributed by atoms with van der Waals surface area (Å²) in [6, 6.07) is 7.93. The van der Waals surface area contributed by atoms with Crippen molar-refractivity contribution in [3.05, 3.63) is 47.3 Å². The van der Waals surface area contributed by atoms with Crippen molar-refractivity contribution < 1.29 is 14.7 Å². The smallest absolute Gasteiger partial charge is 0.358 e. The number of carboxylic acids is 1. The molecule has 2 aromatic rings. The van der Waals surface area contributed by atoms with Gasteiger partial charge in [0.1, 0.15) is 0 Å². The molecule has 138 valence electrons. The number of aromatic nitrogens is 3. The second-order valence-electron chi connectivity index (χ2n) is 6.67. The van der Waals surface area contributed by atoms with Crippen LogP contribution in [0.1, 0.15) is 34.5 Å². The zero-order valence-corrected chi connectivity index (χ0v) is 14.8. The fourth-order valence-electron chi connectivity index (χ4n) is 3.24. The molecular weight excluding hydrogens is 334 g/mol. The molecule has 8 heteroatoms. The quantitative estimate of drug-likeness (QED) is 0.851. The molecule has 1 aromatic carbocycles. The number of piperidine rings is 1. The predicted molar refractivity (Wildman–Crippen MR) is 94.7 cm³/mol. The largest absolute Gasteiger partial charge is 0.476 e. The molecule has 1 atom stereocenters. The molecular formula is C18H23N5O3. The highest BCUT2D eigenvalue weighted by atomic mass is 16.4. The van der Waals surface area contributed by atoms with Gasteiger partial charge in [0, 0.05) is 26.2 Å². The summed E-state index contributed by atoms with van der Waals surface area (Å²) >= 11 is 0. The Kier molecular flexibility index (Phi) is 5.50. The molecule has 1 aliphatic heterocycles. The fraction of sp³-hybridized carbons (Fsp3) is 0.444. The van der Waals surface area contributed by atoms with Gasteiger partial charge < -0.3 is 15.3 Å². The van der Waals surface area contributed by atoms with Crippen LogP contribution in [0.15, 0.2) is 30.5 Å². The first-order valence-electron chi connectivity index (χ1n) is 8.73. The maximum Gasteiger partial charge on any atom is 0.358 e. The molecule has 3 rings (SSSR count). The maximum atomic E-state index is 12.5. The van der Waals surface area contributed by atoms with Gasteiger partial charge in [-0.2, -0.15) is 0 Å². The van der Waals surface area contributed by atoms with Crippen molar-refractivity contribution in [2.45, 2.75) is 32.9 Å². The molecule has 2 N–H and O–H groups in total. The van der Waals surface area contributed by atoms with Crippen LogP contribution in [-0.2, 0) is 13.1 Å². The van der Waals surface area contributed by atoms with Crippen molar-refractivity contribution in [2.75, 3.05) is 13.1 Å². The Morgan fingerprint density at radius 2 is 2.15 bits per heavy atom. The summed E-state index contributed by atoms with van der Waals surface area (Å²) in [7, 11) is 0. The second-order valence-corrected chi connectivity index (χ2v) is 6.67. The van der Waals surface area contributed by atoms with Crippen LogP contribution < -0.4 is 5.32 Å². The summed E-state index contributed by atoms with van der Waals surface area (Å²) in [5, 5.41) is 19.4. The van der Waals surface area contributed by atoms with E-state index in [9.17, 15) is 9.59 Å². The highest BCUT2D eigenvalue weighted by Gasteiger charge is 2.24. The Morgan fingerprint density at radius 1 is 1.35 bits per heavy atom. The Hall–Kier alpha value is -2.90. The van der Waals surface area contributed by atoms with Gasteiger partial charge in [0.25, 0.3) is 0 Å². The van der Waals surface area contributed by atoms with E-state index in [1.54, 1.807) is 4.68 Å². The van der Waals surface area contributed by atoms with Gasteiger partial charge in [0.05, 0.1) is 6.20 Å². The minimum atomic E-state index is -1.09. The summed E-state index contributed by atoms with van der Waals surface area (Å²) in [6.07, 6.45) is 3.33. The van der Waals surface area contributed by atoms with Crippen LogP contribution in [0, 0.1) is 12.8 Å². The molecule has 2 amide bonds. The Balaban J connectivity index is 1.53. The lowest BCUT2D eigenvalue weighted by atomic mass is 9.98. The molecule has 0 spiro atoms. The van der Waals surface area contributed by atoms with E-state index in [-0.39, 0.29) is 17.6 Å². The van der Waals surface area contributed by atoms with Gasteiger partial charge in [-0.3, -0.25) is 4.68 Å². The molecule has 0 aliphatic carbocycles. The van der Waals surface area contributed by atoms with Gasteiger partial charge in [-0.1, -0.05) is 29.5 Å². The molecule has 0 radical (unpaired) electrons. The predicted octanol–water partition coefficient (Wildman–Crippen LogP) is 1.91.